The molecule has 3 aromatic rings. The normalized spacial score (nSPS) is 12.0. The molecule has 1 N–H and O–H groups in total. The summed E-state index contributed by atoms with van der Waals surface area (Å²) in [5, 5.41) is 2.68. The van der Waals surface area contributed by atoms with E-state index in [4.69, 9.17) is 0 Å². The molecule has 8 heteroatoms. The molecule has 0 heterocycles. The van der Waals surface area contributed by atoms with Gasteiger partial charge in [-0.1, -0.05) is 78.4 Å². The van der Waals surface area contributed by atoms with E-state index in [0.29, 0.717) is 12.1 Å². The van der Waals surface area contributed by atoms with Crippen LogP contribution in [0.4, 0.5) is 5.69 Å². The SMILES string of the molecule is CNC(=O)[C@H](Cc1ccccc1)N(Cc1cccc(C)c1)C(=O)CN(c1ccccc1C)S(C)(=O)=O. The smallest absolute Gasteiger partial charge is 0.244 e. The highest BCUT2D eigenvalue weighted by molar-refractivity contribution is 7.92. The van der Waals surface area contributed by atoms with Crippen LogP contribution in [0.3, 0.4) is 0 Å². The molecule has 0 saturated heterocycles. The second kappa shape index (κ2) is 11.9. The van der Waals surface area contributed by atoms with Crippen molar-refractivity contribution in [1.29, 1.82) is 0 Å². The van der Waals surface area contributed by atoms with Gasteiger partial charge in [0.05, 0.1) is 11.9 Å². The number of benzene rings is 3. The van der Waals surface area contributed by atoms with Crippen molar-refractivity contribution >= 4 is 27.5 Å². The van der Waals surface area contributed by atoms with Crippen molar-refractivity contribution < 1.29 is 18.0 Å². The summed E-state index contributed by atoms with van der Waals surface area (Å²) in [6.45, 7) is 3.50. The Morgan fingerprint density at radius 2 is 1.53 bits per heavy atom. The molecule has 7 nitrogen and oxygen atoms in total. The van der Waals surface area contributed by atoms with Crippen LogP contribution in [0.5, 0.6) is 0 Å². The van der Waals surface area contributed by atoms with Gasteiger partial charge in [-0.3, -0.25) is 13.9 Å². The zero-order valence-corrected chi connectivity index (χ0v) is 22.0. The maximum atomic E-state index is 13.9. The molecule has 1 atom stereocenters. The van der Waals surface area contributed by atoms with Crippen LogP contribution in [-0.2, 0) is 32.6 Å². The second-order valence-corrected chi connectivity index (χ2v) is 10.8. The van der Waals surface area contributed by atoms with Gasteiger partial charge >= 0.3 is 0 Å². The highest BCUT2D eigenvalue weighted by Crippen LogP contribution is 2.23. The van der Waals surface area contributed by atoms with Gasteiger partial charge in [0.1, 0.15) is 12.6 Å². The van der Waals surface area contributed by atoms with Gasteiger partial charge in [-0.25, -0.2) is 8.42 Å². The lowest BCUT2D eigenvalue weighted by Crippen LogP contribution is -2.53. The van der Waals surface area contributed by atoms with Crippen LogP contribution >= 0.6 is 0 Å². The summed E-state index contributed by atoms with van der Waals surface area (Å²) in [5.41, 5.74) is 3.94. The molecule has 3 aromatic carbocycles. The number of nitrogens with zero attached hydrogens (tertiary/aromatic N) is 2. The van der Waals surface area contributed by atoms with Crippen molar-refractivity contribution in [2.45, 2.75) is 32.9 Å². The minimum absolute atomic E-state index is 0.163. The van der Waals surface area contributed by atoms with Crippen LogP contribution in [-0.4, -0.2) is 51.0 Å². The maximum Gasteiger partial charge on any atom is 0.244 e. The molecule has 0 fully saturated rings. The number of hydrogen-bond donors (Lipinski definition) is 1. The molecule has 0 bridgehead atoms. The predicted molar refractivity (Wildman–Crippen MR) is 143 cm³/mol. The van der Waals surface area contributed by atoms with E-state index < -0.39 is 28.5 Å². The van der Waals surface area contributed by atoms with Gasteiger partial charge < -0.3 is 10.2 Å². The fraction of sp³-hybridized carbons (Fsp3) is 0.286. The average Bonchev–Trinajstić information content (AvgIpc) is 2.84. The lowest BCUT2D eigenvalue weighted by Gasteiger charge is -2.33. The first kappa shape index (κ1) is 26.9. The molecular weight excluding hydrogens is 474 g/mol. The number of hydrogen-bond acceptors (Lipinski definition) is 4. The summed E-state index contributed by atoms with van der Waals surface area (Å²) >= 11 is 0. The highest BCUT2D eigenvalue weighted by Gasteiger charge is 2.32. The van der Waals surface area contributed by atoms with Gasteiger partial charge in [0.15, 0.2) is 0 Å². The number of carbonyl (C=O) groups is 2. The molecule has 0 unspecified atom stereocenters. The molecule has 0 aliphatic heterocycles. The summed E-state index contributed by atoms with van der Waals surface area (Å²) in [6, 6.07) is 23.4. The Bertz CT molecular complexity index is 1310. The largest absolute Gasteiger partial charge is 0.357 e. The van der Waals surface area contributed by atoms with Gasteiger partial charge in [-0.05, 0) is 36.6 Å². The first-order valence-corrected chi connectivity index (χ1v) is 13.6. The van der Waals surface area contributed by atoms with E-state index in [-0.39, 0.29) is 12.5 Å². The number of aryl methyl sites for hydroxylation is 2. The Hall–Kier alpha value is -3.65. The molecule has 0 aliphatic rings. The third-order valence-electron chi connectivity index (χ3n) is 6.02. The molecule has 0 radical (unpaired) electrons. The lowest BCUT2D eigenvalue weighted by atomic mass is 10.0. The number of rotatable bonds is 10. The Balaban J connectivity index is 2.04. The monoisotopic (exact) mass is 507 g/mol. The van der Waals surface area contributed by atoms with Crippen molar-refractivity contribution in [3.63, 3.8) is 0 Å². The van der Waals surface area contributed by atoms with Crippen LogP contribution in [0.25, 0.3) is 0 Å². The van der Waals surface area contributed by atoms with E-state index in [1.54, 1.807) is 25.1 Å². The number of nitrogens with one attached hydrogen (secondary N) is 1. The standard InChI is InChI=1S/C28H33N3O4S/c1-21-11-10-15-24(17-21)19-30(26(28(33)29-3)18-23-13-6-5-7-14-23)27(32)20-31(36(4,34)35)25-16-9-8-12-22(25)2/h5-17,26H,18-20H2,1-4H3,(H,29,33)/t26-/m0/s1. The van der Waals surface area contributed by atoms with E-state index in [2.05, 4.69) is 5.32 Å². The molecule has 3 rings (SSSR count). The minimum atomic E-state index is -3.77. The average molecular weight is 508 g/mol. The quantitative estimate of drug-likeness (QED) is 0.455. The molecule has 2 amide bonds. The molecule has 0 spiro atoms. The van der Waals surface area contributed by atoms with Crippen LogP contribution in [0.1, 0.15) is 22.3 Å². The van der Waals surface area contributed by atoms with Crippen molar-refractivity contribution in [3.05, 3.63) is 101 Å². The summed E-state index contributed by atoms with van der Waals surface area (Å²) in [4.78, 5) is 28.4. The molecule has 36 heavy (non-hydrogen) atoms. The van der Waals surface area contributed by atoms with Crippen molar-refractivity contribution in [1.82, 2.24) is 10.2 Å². The zero-order chi connectivity index (χ0) is 26.3. The van der Waals surface area contributed by atoms with Crippen LogP contribution in [0, 0.1) is 13.8 Å². The van der Waals surface area contributed by atoms with E-state index in [9.17, 15) is 18.0 Å². The van der Waals surface area contributed by atoms with Gasteiger partial charge in [0.25, 0.3) is 0 Å². The summed E-state index contributed by atoms with van der Waals surface area (Å²) in [5.74, 6) is -0.781. The topological polar surface area (TPSA) is 86.8 Å². The van der Waals surface area contributed by atoms with Crippen molar-refractivity contribution in [2.75, 3.05) is 24.2 Å². The molecule has 0 aliphatic carbocycles. The fourth-order valence-corrected chi connectivity index (χ4v) is 5.07. The fourth-order valence-electron chi connectivity index (χ4n) is 4.17. The number of anilines is 1. The van der Waals surface area contributed by atoms with Crippen molar-refractivity contribution in [2.24, 2.45) is 0 Å². The Labute approximate surface area is 213 Å². The number of sulfonamides is 1. The van der Waals surface area contributed by atoms with E-state index >= 15 is 0 Å². The first-order chi connectivity index (χ1) is 17.1. The Morgan fingerprint density at radius 3 is 2.14 bits per heavy atom. The van der Waals surface area contributed by atoms with Crippen LogP contribution in [0.2, 0.25) is 0 Å². The van der Waals surface area contributed by atoms with Gasteiger partial charge in [-0.2, -0.15) is 0 Å². The number of amides is 2. The molecule has 0 aromatic heterocycles. The predicted octanol–water partition coefficient (Wildman–Crippen LogP) is 3.46. The van der Waals surface area contributed by atoms with Gasteiger partial charge in [-0.15, -0.1) is 0 Å². The van der Waals surface area contributed by atoms with E-state index in [1.807, 2.05) is 67.6 Å². The summed E-state index contributed by atoms with van der Waals surface area (Å²) in [7, 11) is -2.24. The zero-order valence-electron chi connectivity index (χ0n) is 21.1. The second-order valence-electron chi connectivity index (χ2n) is 8.89. The highest BCUT2D eigenvalue weighted by atomic mass is 32.2. The molecular formula is C28H33N3O4S. The van der Waals surface area contributed by atoms with Gasteiger partial charge in [0, 0.05) is 20.0 Å². The lowest BCUT2D eigenvalue weighted by molar-refractivity contribution is -0.139. The maximum absolute atomic E-state index is 13.9. The van der Waals surface area contributed by atoms with Crippen LogP contribution in [0.15, 0.2) is 78.9 Å². The first-order valence-electron chi connectivity index (χ1n) is 11.7. The van der Waals surface area contributed by atoms with E-state index in [1.165, 1.54) is 11.9 Å². The summed E-state index contributed by atoms with van der Waals surface area (Å²) in [6.07, 6.45) is 1.37. The third-order valence-corrected chi connectivity index (χ3v) is 7.14. The van der Waals surface area contributed by atoms with E-state index in [0.717, 1.165) is 32.8 Å². The Kier molecular flexibility index (Phi) is 8.88. The molecule has 0 saturated carbocycles. The summed E-state index contributed by atoms with van der Waals surface area (Å²) < 4.78 is 26.7. The van der Waals surface area contributed by atoms with Crippen LogP contribution < -0.4 is 9.62 Å². The molecule has 190 valence electrons. The Morgan fingerprint density at radius 1 is 0.889 bits per heavy atom. The van der Waals surface area contributed by atoms with Gasteiger partial charge in [0.2, 0.25) is 21.8 Å². The number of likely N-dealkylation sites (N-methyl/N-ethyl adjacent to an activating group) is 1. The minimum Gasteiger partial charge on any atom is -0.357 e. The number of carbonyl (C=O) groups excluding carboxylic acids is 2. The van der Waals surface area contributed by atoms with Crippen molar-refractivity contribution in [3.8, 4) is 0 Å². The third kappa shape index (κ3) is 6.95. The number of para-hydroxylation sites is 1.